The standard InChI is InChI=1S/C14H19N3O3S/c1-10-8-13(20-17-10)9-16-21(18,19)14-6-4-12(5-7-14)11(2)15-3/h4-8,11,15-16H,9H2,1-3H3. The molecule has 0 aliphatic carbocycles. The molecule has 0 radical (unpaired) electrons. The number of nitrogens with zero attached hydrogens (tertiary/aromatic N) is 1. The number of benzene rings is 1. The van der Waals surface area contributed by atoms with Crippen LogP contribution in [0, 0.1) is 6.92 Å². The number of hydrogen-bond donors (Lipinski definition) is 2. The fraction of sp³-hybridized carbons (Fsp3) is 0.357. The van der Waals surface area contributed by atoms with Gasteiger partial charge in [0.1, 0.15) is 0 Å². The zero-order valence-corrected chi connectivity index (χ0v) is 13.1. The van der Waals surface area contributed by atoms with Crippen LogP contribution in [0.1, 0.15) is 30.0 Å². The molecule has 1 unspecified atom stereocenters. The Morgan fingerprint density at radius 1 is 1.29 bits per heavy atom. The highest BCUT2D eigenvalue weighted by atomic mass is 32.2. The van der Waals surface area contributed by atoms with E-state index in [1.807, 2.05) is 14.0 Å². The first-order valence-corrected chi connectivity index (χ1v) is 8.10. The van der Waals surface area contributed by atoms with Gasteiger partial charge in [0.25, 0.3) is 0 Å². The first-order chi connectivity index (χ1) is 9.92. The number of hydrogen-bond acceptors (Lipinski definition) is 5. The number of aromatic nitrogens is 1. The average Bonchev–Trinajstić information content (AvgIpc) is 2.90. The van der Waals surface area contributed by atoms with Crippen molar-refractivity contribution in [3.8, 4) is 0 Å². The summed E-state index contributed by atoms with van der Waals surface area (Å²) in [5, 5.41) is 6.82. The Morgan fingerprint density at radius 3 is 2.48 bits per heavy atom. The predicted octanol–water partition coefficient (Wildman–Crippen LogP) is 1.74. The molecule has 1 aromatic heterocycles. The molecule has 0 saturated carbocycles. The van der Waals surface area contributed by atoms with Gasteiger partial charge in [-0.3, -0.25) is 0 Å². The first-order valence-electron chi connectivity index (χ1n) is 6.61. The second-order valence-electron chi connectivity index (χ2n) is 4.84. The zero-order chi connectivity index (χ0) is 15.5. The minimum absolute atomic E-state index is 0.0812. The lowest BCUT2D eigenvalue weighted by molar-refractivity contribution is 0.377. The first kappa shape index (κ1) is 15.7. The van der Waals surface area contributed by atoms with Crippen LogP contribution in [0.25, 0.3) is 0 Å². The molecule has 0 fully saturated rings. The molecule has 6 nitrogen and oxygen atoms in total. The SMILES string of the molecule is CNC(C)c1ccc(S(=O)(=O)NCc2cc(C)no2)cc1. The summed E-state index contributed by atoms with van der Waals surface area (Å²) < 4.78 is 31.8. The van der Waals surface area contributed by atoms with Gasteiger partial charge in [-0.2, -0.15) is 0 Å². The molecule has 1 heterocycles. The maximum absolute atomic E-state index is 12.2. The van der Waals surface area contributed by atoms with Crippen LogP contribution in [0.5, 0.6) is 0 Å². The summed E-state index contributed by atoms with van der Waals surface area (Å²) in [5.41, 5.74) is 1.75. The van der Waals surface area contributed by atoms with Crippen molar-refractivity contribution in [2.75, 3.05) is 7.05 Å². The Labute approximate surface area is 124 Å². The molecule has 0 amide bonds. The fourth-order valence-electron chi connectivity index (χ4n) is 1.85. The van der Waals surface area contributed by atoms with Crippen LogP contribution >= 0.6 is 0 Å². The molecular weight excluding hydrogens is 290 g/mol. The van der Waals surface area contributed by atoms with E-state index in [4.69, 9.17) is 4.52 Å². The van der Waals surface area contributed by atoms with E-state index in [0.717, 1.165) is 11.3 Å². The van der Waals surface area contributed by atoms with Crippen LogP contribution < -0.4 is 10.0 Å². The van der Waals surface area contributed by atoms with E-state index in [0.29, 0.717) is 5.76 Å². The Kier molecular flexibility index (Phi) is 4.76. The van der Waals surface area contributed by atoms with Crippen molar-refractivity contribution in [2.24, 2.45) is 0 Å². The van der Waals surface area contributed by atoms with Gasteiger partial charge in [-0.15, -0.1) is 0 Å². The number of sulfonamides is 1. The molecular formula is C14H19N3O3S. The summed E-state index contributed by atoms with van der Waals surface area (Å²) in [7, 11) is -1.70. The number of aryl methyl sites for hydroxylation is 1. The molecule has 1 atom stereocenters. The van der Waals surface area contributed by atoms with E-state index in [1.54, 1.807) is 37.3 Å². The molecule has 2 aromatic rings. The van der Waals surface area contributed by atoms with Gasteiger partial charge >= 0.3 is 0 Å². The van der Waals surface area contributed by atoms with Gasteiger partial charge in [0.05, 0.1) is 17.1 Å². The highest BCUT2D eigenvalue weighted by molar-refractivity contribution is 7.89. The summed E-state index contributed by atoms with van der Waals surface area (Å²) in [6.45, 7) is 3.87. The monoisotopic (exact) mass is 309 g/mol. The maximum atomic E-state index is 12.2. The Morgan fingerprint density at radius 2 is 1.95 bits per heavy atom. The van der Waals surface area contributed by atoms with Crippen molar-refractivity contribution in [1.29, 1.82) is 0 Å². The lowest BCUT2D eigenvalue weighted by atomic mass is 10.1. The molecule has 21 heavy (non-hydrogen) atoms. The van der Waals surface area contributed by atoms with Gasteiger partial charge < -0.3 is 9.84 Å². The number of rotatable bonds is 6. The highest BCUT2D eigenvalue weighted by Crippen LogP contribution is 2.16. The van der Waals surface area contributed by atoms with Crippen molar-refractivity contribution >= 4 is 10.0 Å². The van der Waals surface area contributed by atoms with Gasteiger partial charge in [0.2, 0.25) is 10.0 Å². The normalized spacial score (nSPS) is 13.3. The quantitative estimate of drug-likeness (QED) is 0.849. The van der Waals surface area contributed by atoms with Gasteiger partial charge in [-0.05, 0) is 38.6 Å². The van der Waals surface area contributed by atoms with Crippen molar-refractivity contribution in [2.45, 2.75) is 31.3 Å². The Bertz CT molecular complexity index is 693. The molecule has 114 valence electrons. The van der Waals surface area contributed by atoms with E-state index in [2.05, 4.69) is 15.2 Å². The van der Waals surface area contributed by atoms with E-state index < -0.39 is 10.0 Å². The fourth-order valence-corrected chi connectivity index (χ4v) is 2.84. The smallest absolute Gasteiger partial charge is 0.240 e. The van der Waals surface area contributed by atoms with Gasteiger partial charge in [0.15, 0.2) is 5.76 Å². The summed E-state index contributed by atoms with van der Waals surface area (Å²) >= 11 is 0. The molecule has 0 bridgehead atoms. The van der Waals surface area contributed by atoms with Crippen molar-refractivity contribution in [3.63, 3.8) is 0 Å². The summed E-state index contributed by atoms with van der Waals surface area (Å²) in [4.78, 5) is 0.228. The Hall–Kier alpha value is -1.70. The third-order valence-corrected chi connectivity index (χ3v) is 4.65. The molecule has 0 saturated heterocycles. The lowest BCUT2D eigenvalue weighted by Crippen LogP contribution is -2.23. The largest absolute Gasteiger partial charge is 0.360 e. The summed E-state index contributed by atoms with van der Waals surface area (Å²) in [5.74, 6) is 0.483. The third-order valence-electron chi connectivity index (χ3n) is 3.24. The van der Waals surface area contributed by atoms with E-state index >= 15 is 0 Å². The zero-order valence-electron chi connectivity index (χ0n) is 12.3. The molecule has 2 N–H and O–H groups in total. The minimum atomic E-state index is -3.56. The Balaban J connectivity index is 2.08. The molecule has 0 spiro atoms. The maximum Gasteiger partial charge on any atom is 0.240 e. The van der Waals surface area contributed by atoms with Crippen LogP contribution in [0.15, 0.2) is 39.8 Å². The van der Waals surface area contributed by atoms with Gasteiger partial charge in [-0.1, -0.05) is 17.3 Å². The molecule has 2 rings (SSSR count). The van der Waals surface area contributed by atoms with E-state index in [1.165, 1.54) is 0 Å². The van der Waals surface area contributed by atoms with Crippen LogP contribution in [0.3, 0.4) is 0 Å². The van der Waals surface area contributed by atoms with Gasteiger partial charge in [-0.25, -0.2) is 13.1 Å². The van der Waals surface area contributed by atoms with Crippen LogP contribution in [-0.2, 0) is 16.6 Å². The third kappa shape index (κ3) is 3.90. The van der Waals surface area contributed by atoms with Crippen LogP contribution in [0.2, 0.25) is 0 Å². The van der Waals surface area contributed by atoms with E-state index in [-0.39, 0.29) is 17.5 Å². The van der Waals surface area contributed by atoms with E-state index in [9.17, 15) is 8.42 Å². The highest BCUT2D eigenvalue weighted by Gasteiger charge is 2.15. The van der Waals surface area contributed by atoms with Crippen molar-refractivity contribution < 1.29 is 12.9 Å². The average molecular weight is 309 g/mol. The summed E-state index contributed by atoms with van der Waals surface area (Å²) in [6.07, 6.45) is 0. The summed E-state index contributed by atoms with van der Waals surface area (Å²) in [6, 6.07) is 8.66. The van der Waals surface area contributed by atoms with Crippen molar-refractivity contribution in [3.05, 3.63) is 47.3 Å². The predicted molar refractivity (Wildman–Crippen MR) is 79.2 cm³/mol. The molecule has 7 heteroatoms. The minimum Gasteiger partial charge on any atom is -0.360 e. The van der Waals surface area contributed by atoms with Gasteiger partial charge in [0, 0.05) is 12.1 Å². The molecule has 0 aliphatic rings. The lowest BCUT2D eigenvalue weighted by Gasteiger charge is -2.11. The van der Waals surface area contributed by atoms with Crippen LogP contribution in [0.4, 0.5) is 0 Å². The molecule has 0 aliphatic heterocycles. The second kappa shape index (κ2) is 6.38. The second-order valence-corrected chi connectivity index (χ2v) is 6.61. The van der Waals surface area contributed by atoms with Crippen LogP contribution in [-0.4, -0.2) is 20.6 Å². The van der Waals surface area contributed by atoms with Crippen molar-refractivity contribution in [1.82, 2.24) is 15.2 Å². The molecule has 1 aromatic carbocycles. The topological polar surface area (TPSA) is 84.2 Å². The number of nitrogens with one attached hydrogen (secondary N) is 2.